The first-order valence-corrected chi connectivity index (χ1v) is 9.82. The first kappa shape index (κ1) is 19.7. The lowest BCUT2D eigenvalue weighted by Crippen LogP contribution is -2.31. The summed E-state index contributed by atoms with van der Waals surface area (Å²) in [5, 5.41) is 4.09. The second kappa shape index (κ2) is 10.4. The zero-order valence-corrected chi connectivity index (χ0v) is 15.6. The van der Waals surface area contributed by atoms with Gasteiger partial charge in [0, 0.05) is 13.3 Å². The summed E-state index contributed by atoms with van der Waals surface area (Å²) in [6.07, 6.45) is 12.5. The summed E-state index contributed by atoms with van der Waals surface area (Å²) >= 11 is 0. The predicted molar refractivity (Wildman–Crippen MR) is 95.6 cm³/mol. The molecule has 0 aromatic carbocycles. The summed E-state index contributed by atoms with van der Waals surface area (Å²) < 4.78 is 10.5. The Morgan fingerprint density at radius 1 is 1.12 bits per heavy atom. The standard InChI is InChI=1S/C20H31NO4/c1-3-4-5-6-7-8-9-10-11-12-16-19-17(25-21-16)13-14-18(20(19)23)24-15(2)22/h18H,3-14H2,1-2H3. The molecule has 1 aliphatic rings. The number of fused-ring (bicyclic) bond motifs is 1. The fraction of sp³-hybridized carbons (Fsp3) is 0.750. The topological polar surface area (TPSA) is 69.4 Å². The zero-order valence-electron chi connectivity index (χ0n) is 15.6. The average molecular weight is 349 g/mol. The number of ether oxygens (including phenoxy) is 1. The van der Waals surface area contributed by atoms with Crippen LogP contribution in [0.3, 0.4) is 0 Å². The van der Waals surface area contributed by atoms with E-state index < -0.39 is 12.1 Å². The van der Waals surface area contributed by atoms with Crippen molar-refractivity contribution in [2.75, 3.05) is 0 Å². The van der Waals surface area contributed by atoms with Crippen LogP contribution in [0.5, 0.6) is 0 Å². The molecule has 0 saturated carbocycles. The highest BCUT2D eigenvalue weighted by molar-refractivity contribution is 6.03. The van der Waals surface area contributed by atoms with E-state index in [9.17, 15) is 9.59 Å². The maximum Gasteiger partial charge on any atom is 0.303 e. The summed E-state index contributed by atoms with van der Waals surface area (Å²) in [5.74, 6) is 0.0849. The normalized spacial score (nSPS) is 16.7. The molecule has 25 heavy (non-hydrogen) atoms. The van der Waals surface area contributed by atoms with E-state index in [-0.39, 0.29) is 5.78 Å². The number of rotatable bonds is 11. The third kappa shape index (κ3) is 5.98. The first-order chi connectivity index (χ1) is 12.1. The van der Waals surface area contributed by atoms with Crippen molar-refractivity contribution in [2.24, 2.45) is 0 Å². The highest BCUT2D eigenvalue weighted by Crippen LogP contribution is 2.27. The molecular formula is C20H31NO4. The zero-order chi connectivity index (χ0) is 18.1. The van der Waals surface area contributed by atoms with E-state index in [1.54, 1.807) is 0 Å². The number of nitrogens with zero attached hydrogens (tertiary/aromatic N) is 1. The monoisotopic (exact) mass is 349 g/mol. The number of hydrogen-bond donors (Lipinski definition) is 0. The van der Waals surface area contributed by atoms with E-state index in [1.165, 1.54) is 51.9 Å². The van der Waals surface area contributed by atoms with Gasteiger partial charge in [0.15, 0.2) is 6.10 Å². The van der Waals surface area contributed by atoms with Crippen molar-refractivity contribution in [1.82, 2.24) is 5.16 Å². The Hall–Kier alpha value is -1.65. The summed E-state index contributed by atoms with van der Waals surface area (Å²) in [5.41, 5.74) is 1.30. The van der Waals surface area contributed by atoms with Crippen molar-refractivity contribution in [3.8, 4) is 0 Å². The number of carbonyl (C=O) groups excluding carboxylic acids is 2. The molecule has 0 spiro atoms. The SMILES string of the molecule is CCCCCCCCCCCc1noc2c1C(=O)C(OC(C)=O)CC2. The number of esters is 1. The third-order valence-corrected chi connectivity index (χ3v) is 4.83. The van der Waals surface area contributed by atoms with Gasteiger partial charge in [-0.25, -0.2) is 0 Å². The Bertz CT molecular complexity index is 564. The average Bonchev–Trinajstić information content (AvgIpc) is 2.99. The van der Waals surface area contributed by atoms with Crippen molar-refractivity contribution < 1.29 is 18.8 Å². The quantitative estimate of drug-likeness (QED) is 0.423. The van der Waals surface area contributed by atoms with E-state index in [0.29, 0.717) is 24.2 Å². The van der Waals surface area contributed by atoms with Crippen molar-refractivity contribution >= 4 is 11.8 Å². The largest absolute Gasteiger partial charge is 0.454 e. The fourth-order valence-corrected chi connectivity index (χ4v) is 3.45. The van der Waals surface area contributed by atoms with Gasteiger partial charge in [0.2, 0.25) is 5.78 Å². The molecule has 0 aliphatic heterocycles. The molecule has 0 fully saturated rings. The van der Waals surface area contributed by atoms with Gasteiger partial charge in [0.05, 0.1) is 11.3 Å². The first-order valence-electron chi connectivity index (χ1n) is 9.82. The van der Waals surface area contributed by atoms with Crippen molar-refractivity contribution in [3.05, 3.63) is 17.0 Å². The highest BCUT2D eigenvalue weighted by atomic mass is 16.5. The number of carbonyl (C=O) groups is 2. The predicted octanol–water partition coefficient (Wildman–Crippen LogP) is 4.81. The number of Topliss-reactive ketones (excluding diaryl/α,β-unsaturated/α-hetero) is 1. The number of aryl methyl sites for hydroxylation is 2. The molecule has 1 aromatic rings. The van der Waals surface area contributed by atoms with Gasteiger partial charge in [0.25, 0.3) is 0 Å². The van der Waals surface area contributed by atoms with Gasteiger partial charge in [-0.15, -0.1) is 0 Å². The lowest BCUT2D eigenvalue weighted by atomic mass is 9.91. The minimum atomic E-state index is -0.675. The van der Waals surface area contributed by atoms with Crippen LogP contribution in [0.15, 0.2) is 4.52 Å². The van der Waals surface area contributed by atoms with Crippen LogP contribution in [-0.4, -0.2) is 23.0 Å². The molecule has 2 rings (SSSR count). The van der Waals surface area contributed by atoms with E-state index in [1.807, 2.05) is 0 Å². The van der Waals surface area contributed by atoms with Crippen molar-refractivity contribution in [1.29, 1.82) is 0 Å². The maximum absolute atomic E-state index is 12.5. The number of aromatic nitrogens is 1. The number of unbranched alkanes of at least 4 members (excludes halogenated alkanes) is 8. The summed E-state index contributed by atoms with van der Waals surface area (Å²) in [4.78, 5) is 23.7. The molecule has 1 aromatic heterocycles. The Kier molecular flexibility index (Phi) is 8.16. The maximum atomic E-state index is 12.5. The molecule has 0 N–H and O–H groups in total. The smallest absolute Gasteiger partial charge is 0.303 e. The Morgan fingerprint density at radius 2 is 1.76 bits per heavy atom. The van der Waals surface area contributed by atoms with Crippen LogP contribution in [0.25, 0.3) is 0 Å². The third-order valence-electron chi connectivity index (χ3n) is 4.83. The molecule has 0 saturated heterocycles. The van der Waals surface area contributed by atoms with Crippen LogP contribution in [0.1, 0.15) is 99.9 Å². The molecule has 1 aliphatic carbocycles. The molecule has 5 nitrogen and oxygen atoms in total. The minimum Gasteiger partial charge on any atom is -0.454 e. The molecular weight excluding hydrogens is 318 g/mol. The van der Waals surface area contributed by atoms with Crippen LogP contribution in [0.4, 0.5) is 0 Å². The van der Waals surface area contributed by atoms with Gasteiger partial charge >= 0.3 is 5.97 Å². The minimum absolute atomic E-state index is 0.149. The number of ketones is 1. The highest BCUT2D eigenvalue weighted by Gasteiger charge is 2.35. The lowest BCUT2D eigenvalue weighted by molar-refractivity contribution is -0.144. The van der Waals surface area contributed by atoms with Crippen LogP contribution < -0.4 is 0 Å². The van der Waals surface area contributed by atoms with Crippen LogP contribution in [-0.2, 0) is 22.4 Å². The van der Waals surface area contributed by atoms with Crippen molar-refractivity contribution in [2.45, 2.75) is 97.0 Å². The van der Waals surface area contributed by atoms with E-state index in [0.717, 1.165) is 25.0 Å². The Labute approximate surface area is 150 Å². The summed E-state index contributed by atoms with van der Waals surface area (Å²) in [7, 11) is 0. The van der Waals surface area contributed by atoms with Gasteiger partial charge in [-0.05, 0) is 19.3 Å². The Balaban J connectivity index is 1.73. The van der Waals surface area contributed by atoms with E-state index >= 15 is 0 Å². The molecule has 1 heterocycles. The van der Waals surface area contributed by atoms with E-state index in [2.05, 4.69) is 12.1 Å². The van der Waals surface area contributed by atoms with Crippen LogP contribution >= 0.6 is 0 Å². The van der Waals surface area contributed by atoms with Crippen LogP contribution in [0.2, 0.25) is 0 Å². The van der Waals surface area contributed by atoms with Gasteiger partial charge < -0.3 is 9.26 Å². The molecule has 140 valence electrons. The second-order valence-corrected chi connectivity index (χ2v) is 7.01. The van der Waals surface area contributed by atoms with E-state index in [4.69, 9.17) is 9.26 Å². The lowest BCUT2D eigenvalue weighted by Gasteiger charge is -2.19. The molecule has 0 radical (unpaired) electrons. The second-order valence-electron chi connectivity index (χ2n) is 7.01. The van der Waals surface area contributed by atoms with Gasteiger partial charge in [0.1, 0.15) is 5.76 Å². The van der Waals surface area contributed by atoms with Gasteiger partial charge in [-0.2, -0.15) is 0 Å². The molecule has 0 bridgehead atoms. The summed E-state index contributed by atoms with van der Waals surface area (Å²) in [6.45, 7) is 3.57. The molecule has 5 heteroatoms. The van der Waals surface area contributed by atoms with Gasteiger partial charge in [-0.3, -0.25) is 9.59 Å². The van der Waals surface area contributed by atoms with Crippen LogP contribution in [0, 0.1) is 0 Å². The van der Waals surface area contributed by atoms with Gasteiger partial charge in [-0.1, -0.05) is 63.4 Å². The fourth-order valence-electron chi connectivity index (χ4n) is 3.45. The van der Waals surface area contributed by atoms with Crippen molar-refractivity contribution in [3.63, 3.8) is 0 Å². The summed E-state index contributed by atoms with van der Waals surface area (Å²) in [6, 6.07) is 0. The number of hydrogen-bond acceptors (Lipinski definition) is 5. The molecule has 1 atom stereocenters. The molecule has 0 amide bonds. The Morgan fingerprint density at radius 3 is 2.40 bits per heavy atom. The molecule has 1 unspecified atom stereocenters.